The number of nitrogens with one attached hydrogen (secondary N) is 2. The number of aryl methyl sites for hydroxylation is 1. The monoisotopic (exact) mass is 287 g/mol. The Bertz CT molecular complexity index is 613. The van der Waals surface area contributed by atoms with Gasteiger partial charge in [0.05, 0.1) is 7.05 Å². The summed E-state index contributed by atoms with van der Waals surface area (Å²) in [5, 5.41) is 2.73. The second-order valence-electron chi connectivity index (χ2n) is 5.31. The Kier molecular flexibility index (Phi) is 5.06. The number of halogens is 1. The SMILES string of the molecule is Cc1ccc(NC(=O)C[NH+](C)Cc2ccccc2)cc1F. The maximum atomic E-state index is 13.4. The van der Waals surface area contributed by atoms with Crippen molar-refractivity contribution >= 4 is 11.6 Å². The molecule has 0 saturated carbocycles. The van der Waals surface area contributed by atoms with Crippen molar-refractivity contribution in [1.82, 2.24) is 0 Å². The predicted octanol–water partition coefficient (Wildman–Crippen LogP) is 1.79. The number of likely N-dealkylation sites (N-methyl/N-ethyl adjacent to an activating group) is 1. The Morgan fingerprint density at radius 1 is 1.19 bits per heavy atom. The summed E-state index contributed by atoms with van der Waals surface area (Å²) < 4.78 is 13.4. The third-order valence-corrected chi connectivity index (χ3v) is 3.27. The molecule has 2 aromatic carbocycles. The Morgan fingerprint density at radius 2 is 1.90 bits per heavy atom. The molecule has 1 amide bonds. The summed E-state index contributed by atoms with van der Waals surface area (Å²) in [6, 6.07) is 14.7. The fraction of sp³-hybridized carbons (Fsp3) is 0.235. The van der Waals surface area contributed by atoms with E-state index in [2.05, 4.69) is 5.32 Å². The molecule has 21 heavy (non-hydrogen) atoms. The van der Waals surface area contributed by atoms with Gasteiger partial charge >= 0.3 is 0 Å². The minimum absolute atomic E-state index is 0.119. The van der Waals surface area contributed by atoms with Crippen LogP contribution in [0.3, 0.4) is 0 Å². The maximum Gasteiger partial charge on any atom is 0.279 e. The van der Waals surface area contributed by atoms with Gasteiger partial charge in [0.1, 0.15) is 12.4 Å². The predicted molar refractivity (Wildman–Crippen MR) is 81.7 cm³/mol. The second-order valence-corrected chi connectivity index (χ2v) is 5.31. The lowest BCUT2D eigenvalue weighted by Gasteiger charge is -2.14. The smallest absolute Gasteiger partial charge is 0.279 e. The van der Waals surface area contributed by atoms with Crippen LogP contribution in [0.1, 0.15) is 11.1 Å². The molecule has 0 heterocycles. The van der Waals surface area contributed by atoms with Crippen LogP contribution in [0.25, 0.3) is 0 Å². The largest absolute Gasteiger partial charge is 0.326 e. The number of hydrogen-bond donors (Lipinski definition) is 2. The van der Waals surface area contributed by atoms with Gasteiger partial charge in [-0.3, -0.25) is 4.79 Å². The molecule has 2 N–H and O–H groups in total. The fourth-order valence-electron chi connectivity index (χ4n) is 2.16. The van der Waals surface area contributed by atoms with E-state index in [1.54, 1.807) is 19.1 Å². The van der Waals surface area contributed by atoms with Crippen molar-refractivity contribution in [3.63, 3.8) is 0 Å². The van der Waals surface area contributed by atoms with E-state index >= 15 is 0 Å². The Balaban J connectivity index is 1.87. The van der Waals surface area contributed by atoms with E-state index < -0.39 is 0 Å². The first-order valence-corrected chi connectivity index (χ1v) is 6.96. The Labute approximate surface area is 124 Å². The minimum Gasteiger partial charge on any atom is -0.326 e. The van der Waals surface area contributed by atoms with Gasteiger partial charge in [-0.2, -0.15) is 0 Å². The number of quaternary nitrogens is 1. The number of hydrogen-bond acceptors (Lipinski definition) is 1. The lowest BCUT2D eigenvalue weighted by atomic mass is 10.2. The third kappa shape index (κ3) is 4.68. The van der Waals surface area contributed by atoms with E-state index in [9.17, 15) is 9.18 Å². The van der Waals surface area contributed by atoms with Gasteiger partial charge in [-0.1, -0.05) is 36.4 Å². The highest BCUT2D eigenvalue weighted by Crippen LogP contribution is 2.13. The normalized spacial score (nSPS) is 12.0. The topological polar surface area (TPSA) is 33.5 Å². The summed E-state index contributed by atoms with van der Waals surface area (Å²) in [5.41, 5.74) is 2.25. The van der Waals surface area contributed by atoms with Gasteiger partial charge in [-0.05, 0) is 24.6 Å². The molecule has 0 fully saturated rings. The molecule has 0 aliphatic heterocycles. The van der Waals surface area contributed by atoms with Gasteiger partial charge < -0.3 is 10.2 Å². The number of carbonyl (C=O) groups is 1. The van der Waals surface area contributed by atoms with Crippen molar-refractivity contribution in [3.8, 4) is 0 Å². The summed E-state index contributed by atoms with van der Waals surface area (Å²) in [4.78, 5) is 13.0. The van der Waals surface area contributed by atoms with Crippen molar-refractivity contribution in [2.24, 2.45) is 0 Å². The number of anilines is 1. The highest BCUT2D eigenvalue weighted by molar-refractivity contribution is 5.91. The molecule has 0 aliphatic rings. The standard InChI is InChI=1S/C17H19FN2O/c1-13-8-9-15(10-16(13)18)19-17(21)12-20(2)11-14-6-4-3-5-7-14/h3-10H,11-12H2,1-2H3,(H,19,21)/p+1. The van der Waals surface area contributed by atoms with E-state index in [-0.39, 0.29) is 11.7 Å². The summed E-state index contributed by atoms with van der Waals surface area (Å²) in [6.07, 6.45) is 0. The highest BCUT2D eigenvalue weighted by atomic mass is 19.1. The van der Waals surface area contributed by atoms with Gasteiger partial charge in [0.15, 0.2) is 6.54 Å². The Hall–Kier alpha value is -2.20. The Morgan fingerprint density at radius 3 is 2.57 bits per heavy atom. The molecular weight excluding hydrogens is 267 g/mol. The summed E-state index contributed by atoms with van der Waals surface area (Å²) in [6.45, 7) is 2.81. The van der Waals surface area contributed by atoms with Crippen LogP contribution in [0, 0.1) is 12.7 Å². The molecule has 0 aliphatic carbocycles. The minimum atomic E-state index is -0.308. The molecule has 0 bridgehead atoms. The van der Waals surface area contributed by atoms with Crippen LogP contribution in [0.15, 0.2) is 48.5 Å². The molecule has 4 heteroatoms. The third-order valence-electron chi connectivity index (χ3n) is 3.27. The molecule has 1 unspecified atom stereocenters. The first kappa shape index (κ1) is 15.2. The second kappa shape index (κ2) is 6.99. The molecule has 2 aromatic rings. The molecular formula is C17H20FN2O+. The quantitative estimate of drug-likeness (QED) is 0.863. The first-order chi connectivity index (χ1) is 10.0. The van der Waals surface area contributed by atoms with Gasteiger partial charge in [0.25, 0.3) is 5.91 Å². The molecule has 0 radical (unpaired) electrons. The van der Waals surface area contributed by atoms with E-state index in [1.807, 2.05) is 37.4 Å². The maximum absolute atomic E-state index is 13.4. The van der Waals surface area contributed by atoms with Crippen LogP contribution in [0.5, 0.6) is 0 Å². The molecule has 1 atom stereocenters. The summed E-state index contributed by atoms with van der Waals surface area (Å²) in [7, 11) is 1.96. The molecule has 0 spiro atoms. The van der Waals surface area contributed by atoms with Crippen molar-refractivity contribution in [2.45, 2.75) is 13.5 Å². The number of rotatable bonds is 5. The van der Waals surface area contributed by atoms with Crippen LogP contribution >= 0.6 is 0 Å². The highest BCUT2D eigenvalue weighted by Gasteiger charge is 2.11. The van der Waals surface area contributed by atoms with E-state index in [4.69, 9.17) is 0 Å². The van der Waals surface area contributed by atoms with Crippen LogP contribution in [-0.2, 0) is 11.3 Å². The fourth-order valence-corrected chi connectivity index (χ4v) is 2.16. The van der Waals surface area contributed by atoms with E-state index in [0.717, 1.165) is 11.4 Å². The van der Waals surface area contributed by atoms with Crippen LogP contribution in [0.2, 0.25) is 0 Å². The molecule has 0 aromatic heterocycles. The number of amides is 1. The zero-order valence-corrected chi connectivity index (χ0v) is 12.3. The lowest BCUT2D eigenvalue weighted by molar-refractivity contribution is -0.885. The number of benzene rings is 2. The molecule has 0 saturated heterocycles. The average Bonchev–Trinajstić information content (AvgIpc) is 2.43. The van der Waals surface area contributed by atoms with Crippen LogP contribution in [0.4, 0.5) is 10.1 Å². The van der Waals surface area contributed by atoms with Gasteiger partial charge in [-0.15, -0.1) is 0 Å². The van der Waals surface area contributed by atoms with Crippen LogP contribution < -0.4 is 10.2 Å². The van der Waals surface area contributed by atoms with Crippen LogP contribution in [-0.4, -0.2) is 19.5 Å². The van der Waals surface area contributed by atoms with Crippen molar-refractivity contribution < 1.29 is 14.1 Å². The van der Waals surface area contributed by atoms with E-state index in [1.165, 1.54) is 11.6 Å². The van der Waals surface area contributed by atoms with Gasteiger partial charge in [0.2, 0.25) is 0 Å². The summed E-state index contributed by atoms with van der Waals surface area (Å²) in [5.74, 6) is -0.426. The number of carbonyl (C=O) groups excluding carboxylic acids is 1. The average molecular weight is 287 g/mol. The molecule has 110 valence electrons. The van der Waals surface area contributed by atoms with E-state index in [0.29, 0.717) is 17.8 Å². The lowest BCUT2D eigenvalue weighted by Crippen LogP contribution is -3.08. The molecule has 3 nitrogen and oxygen atoms in total. The van der Waals surface area contributed by atoms with Gasteiger partial charge in [-0.25, -0.2) is 4.39 Å². The van der Waals surface area contributed by atoms with Crippen molar-refractivity contribution in [2.75, 3.05) is 18.9 Å². The van der Waals surface area contributed by atoms with Gasteiger partial charge in [0, 0.05) is 11.3 Å². The summed E-state index contributed by atoms with van der Waals surface area (Å²) >= 11 is 0. The zero-order valence-electron chi connectivity index (χ0n) is 12.3. The van der Waals surface area contributed by atoms with Crippen molar-refractivity contribution in [3.05, 3.63) is 65.5 Å². The van der Waals surface area contributed by atoms with Crippen molar-refractivity contribution in [1.29, 1.82) is 0 Å². The molecule has 2 rings (SSSR count). The zero-order chi connectivity index (χ0) is 15.2. The first-order valence-electron chi connectivity index (χ1n) is 6.96.